The van der Waals surface area contributed by atoms with E-state index in [2.05, 4.69) is 10.6 Å². The van der Waals surface area contributed by atoms with Crippen LogP contribution >= 0.6 is 0 Å². The molecule has 0 aromatic heterocycles. The second-order valence-corrected chi connectivity index (χ2v) is 5.51. The lowest BCUT2D eigenvalue weighted by Crippen LogP contribution is -2.46. The minimum Gasteiger partial charge on any atom is -0.337 e. The first-order valence-corrected chi connectivity index (χ1v) is 7.06. The SMILES string of the molecule is CN(C(=O)c1ccc2c(c1)CC(=O)N2)C1CCCNC1. The summed E-state index contributed by atoms with van der Waals surface area (Å²) in [7, 11) is 1.86. The number of rotatable bonds is 2. The Bertz CT molecular complexity index is 550. The third-order valence-electron chi connectivity index (χ3n) is 4.12. The maximum absolute atomic E-state index is 12.5. The van der Waals surface area contributed by atoms with Gasteiger partial charge in [-0.2, -0.15) is 0 Å². The van der Waals surface area contributed by atoms with Crippen LogP contribution in [0.4, 0.5) is 5.69 Å². The van der Waals surface area contributed by atoms with E-state index in [-0.39, 0.29) is 17.9 Å². The Morgan fingerprint density at radius 2 is 2.25 bits per heavy atom. The van der Waals surface area contributed by atoms with Gasteiger partial charge in [-0.15, -0.1) is 0 Å². The fraction of sp³-hybridized carbons (Fsp3) is 0.467. The highest BCUT2D eigenvalue weighted by Crippen LogP contribution is 2.24. The van der Waals surface area contributed by atoms with E-state index in [1.54, 1.807) is 6.07 Å². The van der Waals surface area contributed by atoms with E-state index in [1.165, 1.54) is 0 Å². The van der Waals surface area contributed by atoms with Crippen molar-refractivity contribution in [3.8, 4) is 0 Å². The normalized spacial score (nSPS) is 21.2. The van der Waals surface area contributed by atoms with Crippen molar-refractivity contribution in [3.63, 3.8) is 0 Å². The van der Waals surface area contributed by atoms with Crippen LogP contribution in [-0.2, 0) is 11.2 Å². The first kappa shape index (κ1) is 13.1. The molecule has 2 aliphatic rings. The average Bonchev–Trinajstić information content (AvgIpc) is 2.85. The van der Waals surface area contributed by atoms with Gasteiger partial charge in [0.25, 0.3) is 5.91 Å². The van der Waals surface area contributed by atoms with E-state index in [1.807, 2.05) is 24.1 Å². The second-order valence-electron chi connectivity index (χ2n) is 5.51. The van der Waals surface area contributed by atoms with Gasteiger partial charge in [0.15, 0.2) is 0 Å². The fourth-order valence-electron chi connectivity index (χ4n) is 2.90. The molecule has 1 unspecified atom stereocenters. The lowest BCUT2D eigenvalue weighted by Gasteiger charge is -2.31. The molecule has 1 atom stereocenters. The van der Waals surface area contributed by atoms with Crippen molar-refractivity contribution in [2.75, 3.05) is 25.5 Å². The molecule has 2 heterocycles. The molecular weight excluding hydrogens is 254 g/mol. The van der Waals surface area contributed by atoms with E-state index in [0.29, 0.717) is 12.0 Å². The van der Waals surface area contributed by atoms with Gasteiger partial charge < -0.3 is 15.5 Å². The van der Waals surface area contributed by atoms with Gasteiger partial charge >= 0.3 is 0 Å². The van der Waals surface area contributed by atoms with Gasteiger partial charge in [-0.1, -0.05) is 0 Å². The molecule has 106 valence electrons. The Labute approximate surface area is 118 Å². The highest BCUT2D eigenvalue weighted by atomic mass is 16.2. The molecule has 2 N–H and O–H groups in total. The van der Waals surface area contributed by atoms with Crippen molar-refractivity contribution < 1.29 is 9.59 Å². The maximum Gasteiger partial charge on any atom is 0.253 e. The molecule has 0 saturated carbocycles. The molecule has 1 fully saturated rings. The van der Waals surface area contributed by atoms with Crippen molar-refractivity contribution in [1.82, 2.24) is 10.2 Å². The zero-order valence-corrected chi connectivity index (χ0v) is 11.6. The van der Waals surface area contributed by atoms with E-state index >= 15 is 0 Å². The number of amides is 2. The molecule has 2 amide bonds. The molecule has 2 aliphatic heterocycles. The van der Waals surface area contributed by atoms with Gasteiger partial charge in [0.2, 0.25) is 5.91 Å². The molecule has 20 heavy (non-hydrogen) atoms. The van der Waals surface area contributed by atoms with E-state index < -0.39 is 0 Å². The highest BCUT2D eigenvalue weighted by molar-refractivity contribution is 6.01. The third kappa shape index (κ3) is 2.41. The number of carbonyl (C=O) groups is 2. The van der Waals surface area contributed by atoms with Crippen LogP contribution in [0.15, 0.2) is 18.2 Å². The summed E-state index contributed by atoms with van der Waals surface area (Å²) in [5, 5.41) is 6.10. The number of benzene rings is 1. The summed E-state index contributed by atoms with van der Waals surface area (Å²) >= 11 is 0. The molecular formula is C15H19N3O2. The Morgan fingerprint density at radius 3 is 3.00 bits per heavy atom. The number of hydrogen-bond acceptors (Lipinski definition) is 3. The Kier molecular flexibility index (Phi) is 3.44. The summed E-state index contributed by atoms with van der Waals surface area (Å²) < 4.78 is 0. The van der Waals surface area contributed by atoms with Crippen LogP contribution in [0.3, 0.4) is 0 Å². The van der Waals surface area contributed by atoms with Gasteiger partial charge in [0.1, 0.15) is 0 Å². The molecule has 0 radical (unpaired) electrons. The van der Waals surface area contributed by atoms with Crippen LogP contribution in [0, 0.1) is 0 Å². The lowest BCUT2D eigenvalue weighted by molar-refractivity contribution is -0.115. The Balaban J connectivity index is 1.77. The number of fused-ring (bicyclic) bond motifs is 1. The molecule has 1 aromatic rings. The number of likely N-dealkylation sites (N-methyl/N-ethyl adjacent to an activating group) is 1. The molecule has 0 aliphatic carbocycles. The van der Waals surface area contributed by atoms with Crippen LogP contribution in [0.25, 0.3) is 0 Å². The monoisotopic (exact) mass is 273 g/mol. The van der Waals surface area contributed by atoms with Gasteiger partial charge in [0, 0.05) is 30.9 Å². The third-order valence-corrected chi connectivity index (χ3v) is 4.12. The first-order valence-electron chi connectivity index (χ1n) is 7.06. The predicted octanol–water partition coefficient (Wildman–Crippen LogP) is 1.01. The summed E-state index contributed by atoms with van der Waals surface area (Å²) in [5.41, 5.74) is 2.40. The summed E-state index contributed by atoms with van der Waals surface area (Å²) in [6.45, 7) is 1.89. The standard InChI is InChI=1S/C15H19N3O2/c1-18(12-3-2-6-16-9-12)15(20)10-4-5-13-11(7-10)8-14(19)17-13/h4-5,7,12,16H,2-3,6,8-9H2,1H3,(H,17,19). The van der Waals surface area contributed by atoms with Crippen LogP contribution in [-0.4, -0.2) is 42.9 Å². The van der Waals surface area contributed by atoms with Gasteiger partial charge in [-0.05, 0) is 43.1 Å². The predicted molar refractivity (Wildman–Crippen MR) is 76.8 cm³/mol. The molecule has 0 bridgehead atoms. The molecule has 5 nitrogen and oxygen atoms in total. The second kappa shape index (κ2) is 5.25. The summed E-state index contributed by atoms with van der Waals surface area (Å²) in [4.78, 5) is 25.7. The van der Waals surface area contributed by atoms with E-state index in [4.69, 9.17) is 0 Å². The van der Waals surface area contributed by atoms with Crippen LogP contribution in [0.5, 0.6) is 0 Å². The van der Waals surface area contributed by atoms with Crippen LogP contribution in [0.1, 0.15) is 28.8 Å². The van der Waals surface area contributed by atoms with E-state index in [0.717, 1.165) is 37.2 Å². The van der Waals surface area contributed by atoms with Crippen molar-refractivity contribution >= 4 is 17.5 Å². The van der Waals surface area contributed by atoms with Gasteiger partial charge in [0.05, 0.1) is 6.42 Å². The lowest BCUT2D eigenvalue weighted by atomic mass is 10.0. The first-order chi connectivity index (χ1) is 9.65. The molecule has 5 heteroatoms. The van der Waals surface area contributed by atoms with Crippen molar-refractivity contribution in [3.05, 3.63) is 29.3 Å². The topological polar surface area (TPSA) is 61.4 Å². The zero-order chi connectivity index (χ0) is 14.1. The molecule has 1 saturated heterocycles. The van der Waals surface area contributed by atoms with Crippen LogP contribution < -0.4 is 10.6 Å². The van der Waals surface area contributed by atoms with Crippen molar-refractivity contribution in [2.24, 2.45) is 0 Å². The number of carbonyl (C=O) groups excluding carboxylic acids is 2. The fourth-order valence-corrected chi connectivity index (χ4v) is 2.90. The maximum atomic E-state index is 12.5. The van der Waals surface area contributed by atoms with Crippen LogP contribution in [0.2, 0.25) is 0 Å². The summed E-state index contributed by atoms with van der Waals surface area (Å²) in [6, 6.07) is 5.70. The number of hydrogen-bond donors (Lipinski definition) is 2. The number of piperidine rings is 1. The Morgan fingerprint density at radius 1 is 1.40 bits per heavy atom. The number of anilines is 1. The van der Waals surface area contributed by atoms with Gasteiger partial charge in [-0.3, -0.25) is 9.59 Å². The van der Waals surface area contributed by atoms with E-state index in [9.17, 15) is 9.59 Å². The zero-order valence-electron chi connectivity index (χ0n) is 11.6. The number of nitrogens with one attached hydrogen (secondary N) is 2. The van der Waals surface area contributed by atoms with Crippen molar-refractivity contribution in [1.29, 1.82) is 0 Å². The molecule has 1 aromatic carbocycles. The molecule has 0 spiro atoms. The van der Waals surface area contributed by atoms with Crippen molar-refractivity contribution in [2.45, 2.75) is 25.3 Å². The quantitative estimate of drug-likeness (QED) is 0.845. The smallest absolute Gasteiger partial charge is 0.253 e. The Hall–Kier alpha value is -1.88. The summed E-state index contributed by atoms with van der Waals surface area (Å²) in [5.74, 6) is 0.0234. The minimum absolute atomic E-state index is 0.00515. The van der Waals surface area contributed by atoms with Gasteiger partial charge in [-0.25, -0.2) is 0 Å². The summed E-state index contributed by atoms with van der Waals surface area (Å²) in [6.07, 6.45) is 2.51. The average molecular weight is 273 g/mol. The highest BCUT2D eigenvalue weighted by Gasteiger charge is 2.24. The number of nitrogens with zero attached hydrogens (tertiary/aromatic N) is 1. The largest absolute Gasteiger partial charge is 0.337 e. The molecule has 3 rings (SSSR count). The minimum atomic E-state index is -0.00515.